The van der Waals surface area contributed by atoms with Crippen LogP contribution < -0.4 is 0 Å². The minimum atomic E-state index is -3.14. The maximum atomic E-state index is 12.2. The smallest absolute Gasteiger partial charge is 0.213 e. The second kappa shape index (κ2) is 5.62. The van der Waals surface area contributed by atoms with Gasteiger partial charge in [-0.15, -0.1) is 0 Å². The summed E-state index contributed by atoms with van der Waals surface area (Å²) in [5.74, 6) is 1.30. The lowest BCUT2D eigenvalue weighted by Crippen LogP contribution is -2.44. The molecule has 3 heterocycles. The normalized spacial score (nSPS) is 24.0. The highest BCUT2D eigenvalue weighted by Gasteiger charge is 2.33. The second-order valence-electron chi connectivity index (χ2n) is 6.01. The maximum Gasteiger partial charge on any atom is 0.213 e. The summed E-state index contributed by atoms with van der Waals surface area (Å²) >= 11 is 0. The van der Waals surface area contributed by atoms with Crippen molar-refractivity contribution in [1.82, 2.24) is 18.8 Å². The van der Waals surface area contributed by atoms with Crippen LogP contribution in [-0.4, -0.2) is 46.1 Å². The summed E-state index contributed by atoms with van der Waals surface area (Å²) in [4.78, 5) is 8.76. The first-order valence-corrected chi connectivity index (χ1v) is 9.31. The standard InChI is InChI=1S/C15H22N4O2S/c1-4-22(20,21)18-7-5-11(2)14(10-18)19-8-6-13-9-16-12(3)17-15(13)19/h6,8-9,11,14H,4-5,7,10H2,1-3H3. The molecule has 2 aromatic rings. The van der Waals surface area contributed by atoms with E-state index in [9.17, 15) is 8.42 Å². The quantitative estimate of drug-likeness (QED) is 0.866. The van der Waals surface area contributed by atoms with Crippen LogP contribution in [0.25, 0.3) is 11.0 Å². The zero-order valence-corrected chi connectivity index (χ0v) is 14.0. The lowest BCUT2D eigenvalue weighted by atomic mass is 9.94. The van der Waals surface area contributed by atoms with Crippen molar-refractivity contribution in [2.75, 3.05) is 18.8 Å². The number of aryl methyl sites for hydroxylation is 1. The van der Waals surface area contributed by atoms with E-state index in [4.69, 9.17) is 0 Å². The third-order valence-electron chi connectivity index (χ3n) is 4.57. The fourth-order valence-corrected chi connectivity index (χ4v) is 4.24. The van der Waals surface area contributed by atoms with Crippen molar-refractivity contribution in [1.29, 1.82) is 0 Å². The monoisotopic (exact) mass is 322 g/mol. The first-order valence-electron chi connectivity index (χ1n) is 7.70. The molecule has 0 amide bonds. The second-order valence-corrected chi connectivity index (χ2v) is 8.27. The van der Waals surface area contributed by atoms with Crippen LogP contribution in [0, 0.1) is 12.8 Å². The van der Waals surface area contributed by atoms with Crippen molar-refractivity contribution in [3.05, 3.63) is 24.3 Å². The molecule has 0 aliphatic carbocycles. The number of rotatable bonds is 3. The van der Waals surface area contributed by atoms with Crippen molar-refractivity contribution in [3.8, 4) is 0 Å². The van der Waals surface area contributed by atoms with Crippen LogP contribution in [0.3, 0.4) is 0 Å². The first kappa shape index (κ1) is 15.4. The molecule has 0 N–H and O–H groups in total. The van der Waals surface area contributed by atoms with E-state index in [1.807, 2.05) is 25.4 Å². The Morgan fingerprint density at radius 2 is 2.18 bits per heavy atom. The van der Waals surface area contributed by atoms with E-state index in [-0.39, 0.29) is 11.8 Å². The Morgan fingerprint density at radius 1 is 1.41 bits per heavy atom. The molecular weight excluding hydrogens is 300 g/mol. The number of fused-ring (bicyclic) bond motifs is 1. The van der Waals surface area contributed by atoms with Crippen LogP contribution in [0.15, 0.2) is 18.5 Å². The molecule has 0 saturated carbocycles. The molecule has 120 valence electrons. The molecule has 6 nitrogen and oxygen atoms in total. The van der Waals surface area contributed by atoms with Crippen LogP contribution in [0.5, 0.6) is 0 Å². The number of nitrogens with zero attached hydrogens (tertiary/aromatic N) is 4. The van der Waals surface area contributed by atoms with Gasteiger partial charge in [0.15, 0.2) is 0 Å². The molecule has 1 saturated heterocycles. The predicted octanol–water partition coefficient (Wildman–Crippen LogP) is 1.97. The van der Waals surface area contributed by atoms with Crippen molar-refractivity contribution < 1.29 is 8.42 Å². The van der Waals surface area contributed by atoms with Gasteiger partial charge in [0.1, 0.15) is 11.5 Å². The number of hydrogen-bond donors (Lipinski definition) is 0. The summed E-state index contributed by atoms with van der Waals surface area (Å²) in [5.41, 5.74) is 0.889. The molecule has 2 atom stereocenters. The van der Waals surface area contributed by atoms with Crippen molar-refractivity contribution in [2.45, 2.75) is 33.2 Å². The minimum Gasteiger partial charge on any atom is -0.328 e. The SMILES string of the molecule is CCS(=O)(=O)N1CCC(C)C(n2ccc3cnc(C)nc32)C1. The van der Waals surface area contributed by atoms with Gasteiger partial charge in [-0.2, -0.15) is 4.31 Å². The first-order chi connectivity index (χ1) is 10.4. The Hall–Kier alpha value is -1.47. The van der Waals surface area contributed by atoms with Crippen LogP contribution in [-0.2, 0) is 10.0 Å². The van der Waals surface area contributed by atoms with Crippen molar-refractivity contribution in [2.24, 2.45) is 5.92 Å². The molecule has 0 spiro atoms. The molecule has 3 rings (SSSR count). The van der Waals surface area contributed by atoms with Gasteiger partial charge in [0.2, 0.25) is 10.0 Å². The third-order valence-corrected chi connectivity index (χ3v) is 6.42. The zero-order chi connectivity index (χ0) is 15.9. The molecule has 2 unspecified atom stereocenters. The number of sulfonamides is 1. The Balaban J connectivity index is 1.99. The van der Waals surface area contributed by atoms with E-state index >= 15 is 0 Å². The molecule has 1 fully saturated rings. The van der Waals surface area contributed by atoms with E-state index in [2.05, 4.69) is 21.5 Å². The van der Waals surface area contributed by atoms with Crippen LogP contribution >= 0.6 is 0 Å². The molecule has 22 heavy (non-hydrogen) atoms. The van der Waals surface area contributed by atoms with Gasteiger partial charge >= 0.3 is 0 Å². The summed E-state index contributed by atoms with van der Waals surface area (Å²) in [6.07, 6.45) is 4.69. The molecule has 0 bridgehead atoms. The molecule has 0 aromatic carbocycles. The fourth-order valence-electron chi connectivity index (χ4n) is 3.11. The molecule has 1 aliphatic rings. The van der Waals surface area contributed by atoms with E-state index < -0.39 is 10.0 Å². The average Bonchev–Trinajstić information content (AvgIpc) is 2.90. The molecule has 2 aromatic heterocycles. The average molecular weight is 322 g/mol. The lowest BCUT2D eigenvalue weighted by Gasteiger charge is -2.37. The van der Waals surface area contributed by atoms with Gasteiger partial charge in [-0.25, -0.2) is 18.4 Å². The zero-order valence-electron chi connectivity index (χ0n) is 13.2. The van der Waals surface area contributed by atoms with Gasteiger partial charge in [-0.05, 0) is 32.3 Å². The summed E-state index contributed by atoms with van der Waals surface area (Å²) in [6.45, 7) is 6.88. The van der Waals surface area contributed by atoms with Gasteiger partial charge in [0.25, 0.3) is 0 Å². The van der Waals surface area contributed by atoms with E-state index in [0.29, 0.717) is 19.0 Å². The largest absolute Gasteiger partial charge is 0.328 e. The minimum absolute atomic E-state index is 0.113. The number of piperidine rings is 1. The van der Waals surface area contributed by atoms with Crippen molar-refractivity contribution in [3.63, 3.8) is 0 Å². The van der Waals surface area contributed by atoms with Crippen LogP contribution in [0.2, 0.25) is 0 Å². The summed E-state index contributed by atoms with van der Waals surface area (Å²) < 4.78 is 28.1. The Bertz CT molecular complexity index is 784. The van der Waals surface area contributed by atoms with Crippen molar-refractivity contribution >= 4 is 21.1 Å². The van der Waals surface area contributed by atoms with E-state index in [1.165, 1.54) is 0 Å². The summed E-state index contributed by atoms with van der Waals surface area (Å²) in [6, 6.07) is 2.11. The van der Waals surface area contributed by atoms with Crippen LogP contribution in [0.4, 0.5) is 0 Å². The highest BCUT2D eigenvalue weighted by molar-refractivity contribution is 7.89. The molecule has 0 radical (unpaired) electrons. The summed E-state index contributed by atoms with van der Waals surface area (Å²) in [5, 5.41) is 0.994. The van der Waals surface area contributed by atoms with Gasteiger partial charge in [0, 0.05) is 30.9 Å². The lowest BCUT2D eigenvalue weighted by molar-refractivity contribution is 0.204. The van der Waals surface area contributed by atoms with Gasteiger partial charge in [-0.3, -0.25) is 0 Å². The van der Waals surface area contributed by atoms with Gasteiger partial charge < -0.3 is 4.57 Å². The number of hydrogen-bond acceptors (Lipinski definition) is 4. The topological polar surface area (TPSA) is 68.1 Å². The third kappa shape index (κ3) is 2.63. The number of aromatic nitrogens is 3. The molecular formula is C15H22N4O2S. The Morgan fingerprint density at radius 3 is 2.91 bits per heavy atom. The molecule has 7 heteroatoms. The van der Waals surface area contributed by atoms with E-state index in [1.54, 1.807) is 11.2 Å². The fraction of sp³-hybridized carbons (Fsp3) is 0.600. The molecule has 1 aliphatic heterocycles. The Labute approximate surface area is 131 Å². The highest BCUT2D eigenvalue weighted by atomic mass is 32.2. The maximum absolute atomic E-state index is 12.2. The van der Waals surface area contributed by atoms with Crippen LogP contribution in [0.1, 0.15) is 32.1 Å². The van der Waals surface area contributed by atoms with Gasteiger partial charge in [0.05, 0.1) is 11.8 Å². The predicted molar refractivity (Wildman–Crippen MR) is 86.1 cm³/mol. The van der Waals surface area contributed by atoms with Gasteiger partial charge in [-0.1, -0.05) is 6.92 Å². The summed E-state index contributed by atoms with van der Waals surface area (Å²) in [7, 11) is -3.14. The Kier molecular flexibility index (Phi) is 3.94. The highest BCUT2D eigenvalue weighted by Crippen LogP contribution is 2.31. The van der Waals surface area contributed by atoms with E-state index in [0.717, 1.165) is 23.3 Å².